The molecule has 0 rings (SSSR count). The normalized spacial score (nSPS) is 12.0. The number of hydrazine groups is 1. The van der Waals surface area contributed by atoms with E-state index in [0.29, 0.717) is 63.9 Å². The Morgan fingerprint density at radius 2 is 1.10 bits per heavy atom. The lowest BCUT2D eigenvalue weighted by atomic mass is 10.0. The number of aliphatic carboxylic acids is 2. The second-order valence-electron chi connectivity index (χ2n) is 15.6. The second kappa shape index (κ2) is 41.3. The summed E-state index contributed by atoms with van der Waals surface area (Å²) in [6, 6.07) is -1.46. The third-order valence-corrected chi connectivity index (χ3v) is 10.1. The van der Waals surface area contributed by atoms with Gasteiger partial charge in [0.25, 0.3) is 5.91 Å². The van der Waals surface area contributed by atoms with Gasteiger partial charge in [-0.2, -0.15) is 0 Å². The van der Waals surface area contributed by atoms with Crippen LogP contribution in [0.15, 0.2) is 12.3 Å². The van der Waals surface area contributed by atoms with Gasteiger partial charge in [0.15, 0.2) is 0 Å². The Morgan fingerprint density at radius 3 is 1.63 bits per heavy atom. The number of unbranched alkanes of at least 4 members (excludes halogenated alkanes) is 14. The first-order valence-corrected chi connectivity index (χ1v) is 22.9. The maximum absolute atomic E-state index is 12.4. The van der Waals surface area contributed by atoms with Crippen molar-refractivity contribution in [1.82, 2.24) is 21.0 Å². The first-order chi connectivity index (χ1) is 29.9. The lowest BCUT2D eigenvalue weighted by Crippen LogP contribution is -2.41. The zero-order chi connectivity index (χ0) is 46.1. The van der Waals surface area contributed by atoms with Crippen molar-refractivity contribution < 1.29 is 57.9 Å². The number of ether oxygens (including phenoxy) is 4. The summed E-state index contributed by atoms with van der Waals surface area (Å²) < 4.78 is 21.5. The number of nitrogens with zero attached hydrogens (tertiary/aromatic N) is 1. The number of hydrogen-bond acceptors (Lipinski definition) is 13. The lowest BCUT2D eigenvalue weighted by Gasteiger charge is -2.17. The van der Waals surface area contributed by atoms with E-state index in [1.54, 1.807) is 6.92 Å². The summed E-state index contributed by atoms with van der Waals surface area (Å²) in [5.74, 6) is 3.09. The van der Waals surface area contributed by atoms with Crippen molar-refractivity contribution in [3.05, 3.63) is 12.3 Å². The molecule has 3 amide bonds. The van der Waals surface area contributed by atoms with Crippen molar-refractivity contribution in [3.63, 3.8) is 0 Å². The van der Waals surface area contributed by atoms with Gasteiger partial charge in [-0.3, -0.25) is 29.0 Å². The van der Waals surface area contributed by atoms with E-state index in [4.69, 9.17) is 35.6 Å². The molecular weight excluding hydrogens is 805 g/mol. The number of amides is 3. The van der Waals surface area contributed by atoms with Crippen LogP contribution in [-0.2, 0) is 47.7 Å². The van der Waals surface area contributed by atoms with Crippen LogP contribution in [0.25, 0.3) is 0 Å². The predicted octanol–water partition coefficient (Wildman–Crippen LogP) is 4.13. The van der Waals surface area contributed by atoms with Gasteiger partial charge in [-0.1, -0.05) is 90.6 Å². The highest BCUT2D eigenvalue weighted by Gasteiger charge is 2.20. The number of carboxylic acids is 2. The Balaban J connectivity index is 3.69. The van der Waals surface area contributed by atoms with Crippen molar-refractivity contribution in [2.75, 3.05) is 72.5 Å². The third-order valence-electron chi connectivity index (χ3n) is 10.1. The average molecular weight is 887 g/mol. The lowest BCUT2D eigenvalue weighted by molar-refractivity contribution is -0.142. The van der Waals surface area contributed by atoms with E-state index in [0.717, 1.165) is 50.0 Å². The topological polar surface area (TPSA) is 271 Å². The number of hydrogen-bond donors (Lipinski definition) is 7. The number of nitrogens with one attached hydrogen (secondary N) is 3. The Labute approximate surface area is 370 Å². The SMILES string of the molecule is C=C(CC[C@H](NC(=O)CCCCCCCCCCCCCCCCC(=O)O)C(=O)O)NCCOCCOCC(=O)NCCOCCOCC(=O)N(N)CCCC[C@H](N)C(=O)CC. The van der Waals surface area contributed by atoms with Gasteiger partial charge in [-0.15, -0.1) is 0 Å². The molecular formula is C44H82N6O12. The van der Waals surface area contributed by atoms with E-state index in [1.165, 1.54) is 44.9 Å². The van der Waals surface area contributed by atoms with Crippen LogP contribution in [-0.4, -0.2) is 135 Å². The van der Waals surface area contributed by atoms with Gasteiger partial charge in [0.05, 0.1) is 45.7 Å². The molecule has 18 nitrogen and oxygen atoms in total. The molecule has 0 bridgehead atoms. The molecule has 9 N–H and O–H groups in total. The monoisotopic (exact) mass is 887 g/mol. The molecule has 0 aromatic carbocycles. The van der Waals surface area contributed by atoms with Crippen molar-refractivity contribution in [2.45, 2.75) is 160 Å². The van der Waals surface area contributed by atoms with Gasteiger partial charge in [-0.05, 0) is 44.9 Å². The van der Waals surface area contributed by atoms with Crippen LogP contribution in [0.5, 0.6) is 0 Å². The van der Waals surface area contributed by atoms with Gasteiger partial charge in [0, 0.05) is 44.6 Å². The first kappa shape index (κ1) is 58.3. The van der Waals surface area contributed by atoms with E-state index in [2.05, 4.69) is 22.5 Å². The standard InChI is InChI=1S/C44H82N6O12/c1-3-39(51)37(45)20-18-19-27-50(46)42(54)35-62-33-31-60-29-26-48-41(53)34-61-32-30-59-28-25-47-36(2)23-24-38(44(57)58)49-40(52)21-16-14-12-10-8-6-4-5-7-9-11-13-15-17-22-43(55)56/h37-38,47H,2-35,45-46H2,1H3,(H,48,53)(H,49,52)(H,55,56)(H,57,58)/t37-,38-/m0/s1. The third kappa shape index (κ3) is 38.0. The summed E-state index contributed by atoms with van der Waals surface area (Å²) in [6.45, 7) is 8.01. The summed E-state index contributed by atoms with van der Waals surface area (Å²) in [7, 11) is 0. The number of carboxylic acid groups (broad SMARTS) is 2. The fourth-order valence-corrected chi connectivity index (χ4v) is 6.27. The molecule has 360 valence electrons. The number of Topliss-reactive ketones (excluding diaryl/α,β-unsaturated/α-hetero) is 1. The molecule has 0 aliphatic rings. The maximum atomic E-state index is 12.4. The molecule has 0 fully saturated rings. The quantitative estimate of drug-likeness (QED) is 0.0196. The molecule has 0 saturated carbocycles. The Hall–Kier alpha value is -3.68. The molecule has 0 aromatic heterocycles. The number of rotatable bonds is 46. The van der Waals surface area contributed by atoms with E-state index in [9.17, 15) is 33.9 Å². The zero-order valence-corrected chi connectivity index (χ0v) is 37.8. The van der Waals surface area contributed by atoms with E-state index >= 15 is 0 Å². The average Bonchev–Trinajstić information content (AvgIpc) is 3.24. The van der Waals surface area contributed by atoms with Gasteiger partial charge in [0.2, 0.25) is 11.8 Å². The summed E-state index contributed by atoms with van der Waals surface area (Å²) in [5.41, 5.74) is 6.44. The van der Waals surface area contributed by atoms with E-state index in [-0.39, 0.29) is 89.1 Å². The molecule has 18 heteroatoms. The smallest absolute Gasteiger partial charge is 0.326 e. The van der Waals surface area contributed by atoms with Crippen LogP contribution in [0.4, 0.5) is 0 Å². The van der Waals surface area contributed by atoms with Crippen LogP contribution in [0, 0.1) is 0 Å². The highest BCUT2D eigenvalue weighted by atomic mass is 16.5. The van der Waals surface area contributed by atoms with Gasteiger partial charge >= 0.3 is 11.9 Å². The fourth-order valence-electron chi connectivity index (χ4n) is 6.27. The molecule has 0 saturated heterocycles. The second-order valence-corrected chi connectivity index (χ2v) is 15.6. The number of nitrogens with two attached hydrogens (primary N) is 2. The van der Waals surface area contributed by atoms with Gasteiger partial charge in [0.1, 0.15) is 25.0 Å². The minimum Gasteiger partial charge on any atom is -0.481 e. The Kier molecular flexibility index (Phi) is 38.9. The number of carbonyl (C=O) groups is 6. The van der Waals surface area contributed by atoms with Crippen LogP contribution in [0.3, 0.4) is 0 Å². The van der Waals surface area contributed by atoms with Crippen LogP contribution >= 0.6 is 0 Å². The molecule has 62 heavy (non-hydrogen) atoms. The summed E-state index contributed by atoms with van der Waals surface area (Å²) >= 11 is 0. The Morgan fingerprint density at radius 1 is 0.597 bits per heavy atom. The zero-order valence-electron chi connectivity index (χ0n) is 37.8. The molecule has 0 aliphatic carbocycles. The molecule has 0 aromatic rings. The van der Waals surface area contributed by atoms with Crippen molar-refractivity contribution >= 4 is 35.4 Å². The van der Waals surface area contributed by atoms with Gasteiger partial charge in [-0.25, -0.2) is 10.6 Å². The summed E-state index contributed by atoms with van der Waals surface area (Å²) in [4.78, 5) is 70.2. The summed E-state index contributed by atoms with van der Waals surface area (Å²) in [6.07, 6.45) is 18.8. The number of allylic oxidation sites excluding steroid dienone is 1. The van der Waals surface area contributed by atoms with Crippen LogP contribution < -0.4 is 27.5 Å². The minimum atomic E-state index is -1.08. The Bertz CT molecular complexity index is 1230. The molecule has 0 radical (unpaired) electrons. The number of carbonyl (C=O) groups excluding carboxylic acids is 4. The van der Waals surface area contributed by atoms with Crippen molar-refractivity contribution in [2.24, 2.45) is 11.6 Å². The summed E-state index contributed by atoms with van der Waals surface area (Å²) in [5, 5.41) is 27.8. The van der Waals surface area contributed by atoms with Crippen LogP contribution in [0.1, 0.15) is 148 Å². The first-order valence-electron chi connectivity index (χ1n) is 22.9. The molecule has 0 heterocycles. The maximum Gasteiger partial charge on any atom is 0.326 e. The van der Waals surface area contributed by atoms with E-state index in [1.807, 2.05) is 0 Å². The molecule has 0 aliphatic heterocycles. The molecule has 2 atom stereocenters. The largest absolute Gasteiger partial charge is 0.481 e. The fraction of sp³-hybridized carbons (Fsp3) is 0.818. The molecule has 0 unspecified atom stereocenters. The van der Waals surface area contributed by atoms with Gasteiger partial charge < -0.3 is 50.8 Å². The van der Waals surface area contributed by atoms with Crippen LogP contribution in [0.2, 0.25) is 0 Å². The highest BCUT2D eigenvalue weighted by Crippen LogP contribution is 2.14. The number of ketones is 1. The minimum absolute atomic E-state index is 0.0227. The van der Waals surface area contributed by atoms with Crippen molar-refractivity contribution in [1.29, 1.82) is 0 Å². The predicted molar refractivity (Wildman–Crippen MR) is 237 cm³/mol. The highest BCUT2D eigenvalue weighted by molar-refractivity contribution is 5.84. The van der Waals surface area contributed by atoms with E-state index < -0.39 is 24.0 Å². The van der Waals surface area contributed by atoms with Crippen molar-refractivity contribution in [3.8, 4) is 0 Å². The molecule has 0 spiro atoms.